The molecule has 2 aliphatic heterocycles. The highest BCUT2D eigenvalue weighted by molar-refractivity contribution is 7.09. The summed E-state index contributed by atoms with van der Waals surface area (Å²) in [5.74, 6) is 0.384. The Morgan fingerprint density at radius 3 is 2.81 bits per heavy atom. The lowest BCUT2D eigenvalue weighted by Gasteiger charge is -2.37. The van der Waals surface area contributed by atoms with Crippen LogP contribution in [0.25, 0.3) is 0 Å². The van der Waals surface area contributed by atoms with Crippen molar-refractivity contribution in [3.63, 3.8) is 0 Å². The van der Waals surface area contributed by atoms with Gasteiger partial charge in [0.1, 0.15) is 5.76 Å². The second-order valence-corrected chi connectivity index (χ2v) is 8.43. The normalized spacial score (nSPS) is 21.5. The first-order valence-corrected chi connectivity index (χ1v) is 10.2. The first kappa shape index (κ1) is 18.3. The van der Waals surface area contributed by atoms with Crippen LogP contribution in [0.15, 0.2) is 34.3 Å². The summed E-state index contributed by atoms with van der Waals surface area (Å²) in [6, 6.07) is 5.70. The van der Waals surface area contributed by atoms with Gasteiger partial charge in [0.05, 0.1) is 24.3 Å². The molecule has 27 heavy (non-hydrogen) atoms. The van der Waals surface area contributed by atoms with Crippen LogP contribution in [0.2, 0.25) is 0 Å². The third-order valence-electron chi connectivity index (χ3n) is 5.85. The van der Waals surface area contributed by atoms with Crippen molar-refractivity contribution in [1.29, 1.82) is 0 Å². The van der Waals surface area contributed by atoms with Crippen LogP contribution in [0, 0.1) is 18.3 Å². The number of nitrogens with zero attached hydrogens (tertiary/aromatic N) is 1. The molecule has 0 aromatic carbocycles. The van der Waals surface area contributed by atoms with E-state index >= 15 is 0 Å². The monoisotopic (exact) mass is 388 g/mol. The highest BCUT2D eigenvalue weighted by Crippen LogP contribution is 2.45. The number of furan rings is 1. The Morgan fingerprint density at radius 2 is 2.15 bits per heavy atom. The summed E-state index contributed by atoms with van der Waals surface area (Å²) >= 11 is 1.63. The fraction of sp³-hybridized carbons (Fsp3) is 0.500. The van der Waals surface area contributed by atoms with Crippen LogP contribution >= 0.6 is 11.3 Å². The maximum atomic E-state index is 13.0. The maximum Gasteiger partial charge on any atom is 0.257 e. The molecule has 2 aromatic heterocycles. The molecule has 4 rings (SSSR count). The van der Waals surface area contributed by atoms with Gasteiger partial charge in [0.15, 0.2) is 0 Å². The fourth-order valence-electron chi connectivity index (χ4n) is 4.26. The van der Waals surface area contributed by atoms with E-state index in [0.29, 0.717) is 44.2 Å². The first-order valence-electron chi connectivity index (χ1n) is 9.30. The van der Waals surface area contributed by atoms with Crippen molar-refractivity contribution in [2.45, 2.75) is 26.3 Å². The number of likely N-dealkylation sites (tertiary alicyclic amines) is 1. The van der Waals surface area contributed by atoms with Crippen molar-refractivity contribution in [3.8, 4) is 0 Å². The minimum Gasteiger partial charge on any atom is -0.469 e. The lowest BCUT2D eigenvalue weighted by atomic mass is 9.72. The number of rotatable bonds is 4. The molecule has 2 aliphatic rings. The van der Waals surface area contributed by atoms with E-state index in [9.17, 15) is 9.59 Å². The van der Waals surface area contributed by atoms with Crippen LogP contribution in [0.3, 0.4) is 0 Å². The minimum absolute atomic E-state index is 0.0320. The number of nitrogens with one attached hydrogen (secondary N) is 1. The smallest absolute Gasteiger partial charge is 0.257 e. The van der Waals surface area contributed by atoms with Gasteiger partial charge < -0.3 is 19.4 Å². The Balaban J connectivity index is 1.52. The number of ether oxygens (including phenoxy) is 1. The van der Waals surface area contributed by atoms with E-state index in [0.717, 1.165) is 17.7 Å². The van der Waals surface area contributed by atoms with Crippen molar-refractivity contribution in [2.75, 3.05) is 26.3 Å². The Bertz CT molecular complexity index is 808. The summed E-state index contributed by atoms with van der Waals surface area (Å²) in [5, 5.41) is 5.08. The summed E-state index contributed by atoms with van der Waals surface area (Å²) in [4.78, 5) is 29.0. The average Bonchev–Trinajstić information content (AvgIpc) is 3.41. The topological polar surface area (TPSA) is 71.8 Å². The zero-order valence-corrected chi connectivity index (χ0v) is 16.2. The van der Waals surface area contributed by atoms with E-state index in [1.807, 2.05) is 22.4 Å². The second kappa shape index (κ2) is 7.48. The molecule has 1 spiro atoms. The van der Waals surface area contributed by atoms with Crippen LogP contribution in [0.1, 0.15) is 33.8 Å². The van der Waals surface area contributed by atoms with Crippen molar-refractivity contribution in [2.24, 2.45) is 11.3 Å². The third kappa shape index (κ3) is 3.53. The fourth-order valence-corrected chi connectivity index (χ4v) is 4.90. The lowest BCUT2D eigenvalue weighted by Crippen LogP contribution is -2.44. The molecule has 0 aliphatic carbocycles. The summed E-state index contributed by atoms with van der Waals surface area (Å²) in [5.41, 5.74) is 0.377. The van der Waals surface area contributed by atoms with Gasteiger partial charge in [-0.2, -0.15) is 0 Å². The van der Waals surface area contributed by atoms with Gasteiger partial charge in [0.25, 0.3) is 5.91 Å². The first-order chi connectivity index (χ1) is 13.1. The number of carbonyl (C=O) groups is 2. The van der Waals surface area contributed by atoms with Crippen LogP contribution in [0.4, 0.5) is 0 Å². The summed E-state index contributed by atoms with van der Waals surface area (Å²) in [7, 11) is 0. The number of amides is 2. The van der Waals surface area contributed by atoms with Crippen LogP contribution in [-0.4, -0.2) is 43.0 Å². The minimum atomic E-state index is -0.211. The van der Waals surface area contributed by atoms with Gasteiger partial charge in [-0.25, -0.2) is 0 Å². The van der Waals surface area contributed by atoms with Gasteiger partial charge in [-0.1, -0.05) is 6.07 Å². The number of thiophene rings is 1. The van der Waals surface area contributed by atoms with E-state index in [4.69, 9.17) is 9.15 Å². The Labute approximate surface area is 162 Å². The predicted molar refractivity (Wildman–Crippen MR) is 101 cm³/mol. The molecule has 2 amide bonds. The molecule has 1 unspecified atom stereocenters. The van der Waals surface area contributed by atoms with Crippen LogP contribution < -0.4 is 5.32 Å². The summed E-state index contributed by atoms with van der Waals surface area (Å²) in [6.07, 6.45) is 3.14. The third-order valence-corrected chi connectivity index (χ3v) is 6.72. The molecule has 7 heteroatoms. The van der Waals surface area contributed by atoms with Crippen LogP contribution in [0.5, 0.6) is 0 Å². The summed E-state index contributed by atoms with van der Waals surface area (Å²) < 4.78 is 10.8. The molecule has 144 valence electrons. The molecule has 1 N–H and O–H groups in total. The summed E-state index contributed by atoms with van der Waals surface area (Å²) in [6.45, 7) is 4.65. The molecule has 2 fully saturated rings. The molecule has 0 radical (unpaired) electrons. The molecular formula is C20H24N2O4S. The number of aryl methyl sites for hydroxylation is 1. The number of carbonyl (C=O) groups excluding carboxylic acids is 2. The molecule has 6 nitrogen and oxygen atoms in total. The maximum absolute atomic E-state index is 13.0. The van der Waals surface area contributed by atoms with Crippen molar-refractivity contribution in [1.82, 2.24) is 10.2 Å². The van der Waals surface area contributed by atoms with E-state index < -0.39 is 0 Å². The van der Waals surface area contributed by atoms with Gasteiger partial charge in [-0.15, -0.1) is 11.3 Å². The van der Waals surface area contributed by atoms with Gasteiger partial charge >= 0.3 is 0 Å². The molecule has 2 saturated heterocycles. The van der Waals surface area contributed by atoms with Gasteiger partial charge in [-0.3, -0.25) is 9.59 Å². The zero-order valence-electron chi connectivity index (χ0n) is 15.4. The lowest BCUT2D eigenvalue weighted by molar-refractivity contribution is -0.130. The van der Waals surface area contributed by atoms with E-state index in [-0.39, 0.29) is 23.1 Å². The van der Waals surface area contributed by atoms with Crippen molar-refractivity contribution >= 4 is 23.2 Å². The Kier molecular flexibility index (Phi) is 5.06. The highest BCUT2D eigenvalue weighted by atomic mass is 32.1. The molecule has 2 aromatic rings. The Morgan fingerprint density at radius 1 is 1.33 bits per heavy atom. The van der Waals surface area contributed by atoms with Gasteiger partial charge in [0.2, 0.25) is 5.91 Å². The quantitative estimate of drug-likeness (QED) is 0.874. The van der Waals surface area contributed by atoms with Gasteiger partial charge in [-0.05, 0) is 37.3 Å². The zero-order chi connectivity index (χ0) is 18.9. The van der Waals surface area contributed by atoms with E-state index in [1.165, 1.54) is 6.26 Å². The molecule has 1 atom stereocenters. The number of hydrogen-bond acceptors (Lipinski definition) is 5. The van der Waals surface area contributed by atoms with Gasteiger partial charge in [0, 0.05) is 36.6 Å². The second-order valence-electron chi connectivity index (χ2n) is 7.40. The predicted octanol–water partition coefficient (Wildman–Crippen LogP) is 2.83. The molecular weight excluding hydrogens is 364 g/mol. The molecule has 0 saturated carbocycles. The van der Waals surface area contributed by atoms with Crippen LogP contribution in [-0.2, 0) is 16.1 Å². The molecule has 4 heterocycles. The SMILES string of the molecule is Cc1occc1C(=O)N1CC(C(=O)NCc2cccs2)C2(CCOCC2)C1. The Hall–Kier alpha value is -2.12. The standard InChI is InChI=1S/C20H24N2O4S/c1-14-16(4-7-26-14)19(24)22-12-17(20(13-22)5-8-25-9-6-20)18(23)21-11-15-3-2-10-27-15/h2-4,7,10,17H,5-6,8-9,11-13H2,1H3,(H,21,23). The van der Waals surface area contributed by atoms with Crippen molar-refractivity contribution in [3.05, 3.63) is 46.0 Å². The van der Waals surface area contributed by atoms with E-state index in [1.54, 1.807) is 24.3 Å². The average molecular weight is 388 g/mol. The molecule has 0 bridgehead atoms. The number of hydrogen-bond donors (Lipinski definition) is 1. The highest BCUT2D eigenvalue weighted by Gasteiger charge is 2.51. The van der Waals surface area contributed by atoms with E-state index in [2.05, 4.69) is 5.32 Å². The largest absolute Gasteiger partial charge is 0.469 e. The van der Waals surface area contributed by atoms with Crippen molar-refractivity contribution < 1.29 is 18.7 Å².